The monoisotopic (exact) mass is 410 g/mol. The highest BCUT2D eigenvalue weighted by molar-refractivity contribution is 5.73. The fourth-order valence-electron chi connectivity index (χ4n) is 3.46. The molecule has 4 atom stereocenters. The molecule has 3 unspecified atom stereocenters. The van der Waals surface area contributed by atoms with Gasteiger partial charge in [0, 0.05) is 11.8 Å². The molecule has 8 nitrogen and oxygen atoms in total. The van der Waals surface area contributed by atoms with Crippen molar-refractivity contribution in [3.8, 4) is 0 Å². The highest BCUT2D eigenvalue weighted by atomic mass is 16.6. The Balaban J connectivity index is 1.67. The van der Waals surface area contributed by atoms with Gasteiger partial charge < -0.3 is 19.5 Å². The van der Waals surface area contributed by atoms with Gasteiger partial charge in [-0.05, 0) is 16.7 Å². The Morgan fingerprint density at radius 1 is 1.17 bits per heavy atom. The van der Waals surface area contributed by atoms with Crippen LogP contribution < -0.4 is 5.32 Å². The minimum absolute atomic E-state index is 0.168. The van der Waals surface area contributed by atoms with Crippen LogP contribution in [0.3, 0.4) is 0 Å². The van der Waals surface area contributed by atoms with E-state index >= 15 is 0 Å². The van der Waals surface area contributed by atoms with Crippen LogP contribution in [0.1, 0.15) is 18.1 Å². The van der Waals surface area contributed by atoms with Crippen LogP contribution in [0, 0.1) is 0 Å². The van der Waals surface area contributed by atoms with Crippen molar-refractivity contribution in [3.05, 3.63) is 82.2 Å². The number of amides is 1. The Morgan fingerprint density at radius 2 is 1.80 bits per heavy atom. The number of rotatable bonds is 10. The molecule has 0 saturated carbocycles. The first kappa shape index (κ1) is 21.8. The molecule has 1 amide bonds. The third-order valence-electron chi connectivity index (χ3n) is 4.84. The number of carbonyl (C=O) groups excluding carboxylic acids is 1. The molecule has 158 valence electrons. The fraction of sp³-hybridized carbons (Fsp3) is 0.409. The molecule has 0 spiro atoms. The number of nitrogens with zero attached hydrogens (tertiary/aromatic N) is 3. The summed E-state index contributed by atoms with van der Waals surface area (Å²) in [6, 6.07) is 18.6. The Morgan fingerprint density at radius 3 is 2.40 bits per heavy atom. The first-order chi connectivity index (χ1) is 14.7. The van der Waals surface area contributed by atoms with Crippen LogP contribution in [0.25, 0.3) is 10.4 Å². The highest BCUT2D eigenvalue weighted by Crippen LogP contribution is 2.25. The van der Waals surface area contributed by atoms with Gasteiger partial charge in [-0.25, -0.2) is 0 Å². The van der Waals surface area contributed by atoms with Gasteiger partial charge in [-0.2, -0.15) is 0 Å². The van der Waals surface area contributed by atoms with Gasteiger partial charge in [-0.1, -0.05) is 65.8 Å². The molecule has 1 N–H and O–H groups in total. The van der Waals surface area contributed by atoms with Crippen molar-refractivity contribution in [2.45, 2.75) is 44.4 Å². The van der Waals surface area contributed by atoms with E-state index in [2.05, 4.69) is 15.3 Å². The zero-order valence-electron chi connectivity index (χ0n) is 16.9. The standard InChI is InChI=1S/C22H26N4O4/c1-16(27)24-19-15-30-22(21(19)29-13-18-10-6-3-7-11-18)20(25-26-23)14-28-12-17-8-4-2-5-9-17/h2-11,19-22H,12-15H2,1H3,(H,24,27)/t19?,20?,21?,22-/m1/s1. The van der Waals surface area contributed by atoms with Gasteiger partial charge in [0.2, 0.25) is 5.91 Å². The van der Waals surface area contributed by atoms with E-state index in [-0.39, 0.29) is 25.2 Å². The summed E-state index contributed by atoms with van der Waals surface area (Å²) in [5, 5.41) is 6.77. The molecule has 1 saturated heterocycles. The number of nitrogens with one attached hydrogen (secondary N) is 1. The SMILES string of the molecule is CC(=O)NC1CO[C@H](C(COCc2ccccc2)N=[N+]=[N-])C1OCc1ccccc1. The lowest BCUT2D eigenvalue weighted by Crippen LogP contribution is -2.48. The lowest BCUT2D eigenvalue weighted by atomic mass is 10.0. The van der Waals surface area contributed by atoms with Crippen molar-refractivity contribution in [2.75, 3.05) is 13.2 Å². The molecule has 0 radical (unpaired) electrons. The Kier molecular flexibility index (Phi) is 8.23. The van der Waals surface area contributed by atoms with Crippen LogP contribution in [0.15, 0.2) is 65.8 Å². The zero-order chi connectivity index (χ0) is 21.2. The highest BCUT2D eigenvalue weighted by Gasteiger charge is 2.43. The van der Waals surface area contributed by atoms with Crippen molar-refractivity contribution < 1.29 is 19.0 Å². The first-order valence-electron chi connectivity index (χ1n) is 9.87. The minimum Gasteiger partial charge on any atom is -0.376 e. The summed E-state index contributed by atoms with van der Waals surface area (Å²) in [4.78, 5) is 14.6. The average molecular weight is 410 g/mol. The molecular weight excluding hydrogens is 384 g/mol. The van der Waals surface area contributed by atoms with E-state index < -0.39 is 18.2 Å². The second-order valence-electron chi connectivity index (χ2n) is 7.14. The Hall–Kier alpha value is -2.90. The molecule has 2 aromatic carbocycles. The van der Waals surface area contributed by atoms with Crippen molar-refractivity contribution >= 4 is 5.91 Å². The molecule has 0 aromatic heterocycles. The summed E-state index contributed by atoms with van der Waals surface area (Å²) in [6.45, 7) is 2.67. The molecule has 1 aliphatic rings. The summed E-state index contributed by atoms with van der Waals surface area (Å²) in [7, 11) is 0. The average Bonchev–Trinajstić information content (AvgIpc) is 3.14. The lowest BCUT2D eigenvalue weighted by molar-refractivity contribution is -0.120. The van der Waals surface area contributed by atoms with E-state index in [1.165, 1.54) is 6.92 Å². The Labute approximate surface area is 175 Å². The van der Waals surface area contributed by atoms with Gasteiger partial charge >= 0.3 is 0 Å². The number of hydrogen-bond acceptors (Lipinski definition) is 5. The van der Waals surface area contributed by atoms with Crippen LogP contribution in [0.5, 0.6) is 0 Å². The topological polar surface area (TPSA) is 106 Å². The molecule has 1 aliphatic heterocycles. The summed E-state index contributed by atoms with van der Waals surface area (Å²) in [5.41, 5.74) is 11.1. The molecule has 8 heteroatoms. The fourth-order valence-corrected chi connectivity index (χ4v) is 3.46. The third-order valence-corrected chi connectivity index (χ3v) is 4.84. The molecule has 1 fully saturated rings. The second-order valence-corrected chi connectivity index (χ2v) is 7.14. The lowest BCUT2D eigenvalue weighted by Gasteiger charge is -2.27. The van der Waals surface area contributed by atoms with Gasteiger partial charge in [0.15, 0.2) is 0 Å². The van der Waals surface area contributed by atoms with E-state index in [4.69, 9.17) is 19.7 Å². The normalized spacial score (nSPS) is 21.6. The maximum atomic E-state index is 11.6. The number of azide groups is 1. The molecule has 1 heterocycles. The van der Waals surface area contributed by atoms with Gasteiger partial charge in [0.05, 0.1) is 44.6 Å². The summed E-state index contributed by atoms with van der Waals surface area (Å²) in [5.74, 6) is -0.168. The Bertz CT molecular complexity index is 843. The summed E-state index contributed by atoms with van der Waals surface area (Å²) < 4.78 is 17.8. The van der Waals surface area contributed by atoms with Crippen LogP contribution in [-0.2, 0) is 32.2 Å². The molecule has 3 rings (SSSR count). The van der Waals surface area contributed by atoms with E-state index in [1.807, 2.05) is 60.7 Å². The van der Waals surface area contributed by atoms with Gasteiger partial charge in [0.25, 0.3) is 0 Å². The van der Waals surface area contributed by atoms with E-state index in [1.54, 1.807) is 0 Å². The molecule has 0 bridgehead atoms. The maximum Gasteiger partial charge on any atom is 0.217 e. The van der Waals surface area contributed by atoms with Crippen molar-refractivity contribution in [1.29, 1.82) is 0 Å². The van der Waals surface area contributed by atoms with Crippen LogP contribution >= 0.6 is 0 Å². The molecular formula is C22H26N4O4. The van der Waals surface area contributed by atoms with Crippen LogP contribution in [-0.4, -0.2) is 43.4 Å². The molecule has 30 heavy (non-hydrogen) atoms. The number of hydrogen-bond donors (Lipinski definition) is 1. The van der Waals surface area contributed by atoms with E-state index in [0.717, 1.165) is 11.1 Å². The number of carbonyl (C=O) groups is 1. The molecule has 0 aliphatic carbocycles. The third kappa shape index (κ3) is 6.30. The largest absolute Gasteiger partial charge is 0.376 e. The van der Waals surface area contributed by atoms with Gasteiger partial charge in [0.1, 0.15) is 6.10 Å². The second kappa shape index (κ2) is 11.3. The first-order valence-corrected chi connectivity index (χ1v) is 9.87. The van der Waals surface area contributed by atoms with Gasteiger partial charge in [-0.3, -0.25) is 4.79 Å². The summed E-state index contributed by atoms with van der Waals surface area (Å²) in [6.07, 6.45) is -0.998. The van der Waals surface area contributed by atoms with Crippen LogP contribution in [0.2, 0.25) is 0 Å². The smallest absolute Gasteiger partial charge is 0.217 e. The number of benzene rings is 2. The van der Waals surface area contributed by atoms with Crippen molar-refractivity contribution in [3.63, 3.8) is 0 Å². The van der Waals surface area contributed by atoms with Crippen molar-refractivity contribution in [1.82, 2.24) is 5.32 Å². The maximum absolute atomic E-state index is 11.6. The van der Waals surface area contributed by atoms with E-state index in [0.29, 0.717) is 13.2 Å². The molecule has 2 aromatic rings. The van der Waals surface area contributed by atoms with Gasteiger partial charge in [-0.15, -0.1) is 0 Å². The summed E-state index contributed by atoms with van der Waals surface area (Å²) >= 11 is 0. The van der Waals surface area contributed by atoms with Crippen LogP contribution in [0.4, 0.5) is 0 Å². The predicted octanol–water partition coefficient (Wildman–Crippen LogP) is 3.37. The van der Waals surface area contributed by atoms with Crippen molar-refractivity contribution in [2.24, 2.45) is 5.11 Å². The zero-order valence-corrected chi connectivity index (χ0v) is 16.9. The van der Waals surface area contributed by atoms with E-state index in [9.17, 15) is 4.79 Å². The number of ether oxygens (including phenoxy) is 3. The quantitative estimate of drug-likeness (QED) is 0.368. The predicted molar refractivity (Wildman–Crippen MR) is 111 cm³/mol. The minimum atomic E-state index is -0.585.